The molecular formula is C17H24ClFN2O2. The van der Waals surface area contributed by atoms with Gasteiger partial charge in [-0.1, -0.05) is 12.1 Å². The van der Waals surface area contributed by atoms with Crippen LogP contribution in [-0.2, 0) is 15.1 Å². The molecule has 1 unspecified atom stereocenters. The maximum atomic E-state index is 13.6. The summed E-state index contributed by atoms with van der Waals surface area (Å²) in [5.41, 5.74) is 0.336. The van der Waals surface area contributed by atoms with Gasteiger partial charge in [-0.25, -0.2) is 4.39 Å². The predicted octanol–water partition coefficient (Wildman–Crippen LogP) is 2.37. The van der Waals surface area contributed by atoms with Crippen LogP contribution in [0.15, 0.2) is 24.3 Å². The number of nitrogens with one attached hydrogen (secondary N) is 2. The number of amides is 1. The topological polar surface area (TPSA) is 50.4 Å². The van der Waals surface area contributed by atoms with Crippen molar-refractivity contribution >= 4 is 18.3 Å². The van der Waals surface area contributed by atoms with E-state index in [4.69, 9.17) is 4.74 Å². The molecule has 1 atom stereocenters. The Kier molecular flexibility index (Phi) is 6.39. The van der Waals surface area contributed by atoms with Gasteiger partial charge in [0.15, 0.2) is 0 Å². The Balaban J connectivity index is 0.00000192. The van der Waals surface area contributed by atoms with Crippen molar-refractivity contribution in [1.82, 2.24) is 10.6 Å². The van der Waals surface area contributed by atoms with Gasteiger partial charge in [-0.05, 0) is 49.9 Å². The third kappa shape index (κ3) is 4.22. The van der Waals surface area contributed by atoms with Crippen LogP contribution in [0.5, 0.6) is 0 Å². The molecule has 0 radical (unpaired) electrons. The smallest absolute Gasteiger partial charge is 0.225 e. The van der Waals surface area contributed by atoms with Crippen LogP contribution in [0.3, 0.4) is 0 Å². The lowest BCUT2D eigenvalue weighted by atomic mass is 9.81. The van der Waals surface area contributed by atoms with Gasteiger partial charge in [0.25, 0.3) is 0 Å². The molecule has 0 aliphatic carbocycles. The number of hydrogen-bond acceptors (Lipinski definition) is 3. The van der Waals surface area contributed by atoms with E-state index >= 15 is 0 Å². The summed E-state index contributed by atoms with van der Waals surface area (Å²) in [6, 6.07) is 6.57. The summed E-state index contributed by atoms with van der Waals surface area (Å²) in [6.07, 6.45) is 3.30. The number of ether oxygens (including phenoxy) is 1. The highest BCUT2D eigenvalue weighted by molar-refractivity contribution is 5.85. The lowest BCUT2D eigenvalue weighted by Crippen LogP contribution is -2.53. The summed E-state index contributed by atoms with van der Waals surface area (Å²) < 4.78 is 19.1. The van der Waals surface area contributed by atoms with Crippen LogP contribution in [0.4, 0.5) is 4.39 Å². The zero-order chi connectivity index (χ0) is 15.4. The van der Waals surface area contributed by atoms with E-state index in [0.717, 1.165) is 31.5 Å². The number of carbonyl (C=O) groups excluding carboxylic acids is 1. The molecule has 1 aromatic carbocycles. The number of hydrogen-bond donors (Lipinski definition) is 2. The summed E-state index contributed by atoms with van der Waals surface area (Å²) in [7, 11) is 0. The predicted molar refractivity (Wildman–Crippen MR) is 89.1 cm³/mol. The first-order valence-electron chi connectivity index (χ1n) is 8.06. The van der Waals surface area contributed by atoms with Crippen LogP contribution in [0.2, 0.25) is 0 Å². The second kappa shape index (κ2) is 8.08. The Morgan fingerprint density at radius 3 is 2.78 bits per heavy atom. The maximum Gasteiger partial charge on any atom is 0.225 e. The third-order valence-electron chi connectivity index (χ3n) is 4.75. The second-order valence-electron chi connectivity index (χ2n) is 6.24. The van der Waals surface area contributed by atoms with Crippen LogP contribution in [0, 0.1) is 11.7 Å². The fourth-order valence-electron chi connectivity index (χ4n) is 3.41. The average Bonchev–Trinajstić information content (AvgIpc) is 2.56. The number of carbonyl (C=O) groups is 1. The molecule has 2 aliphatic heterocycles. The normalized spacial score (nSPS) is 23.6. The van der Waals surface area contributed by atoms with Gasteiger partial charge in [-0.15, -0.1) is 12.4 Å². The number of benzene rings is 1. The molecule has 6 heteroatoms. The van der Waals surface area contributed by atoms with Crippen molar-refractivity contribution in [3.05, 3.63) is 35.6 Å². The van der Waals surface area contributed by atoms with Crippen LogP contribution in [0.25, 0.3) is 0 Å². The van der Waals surface area contributed by atoms with E-state index in [2.05, 4.69) is 10.6 Å². The van der Waals surface area contributed by atoms with Crippen molar-refractivity contribution in [3.8, 4) is 0 Å². The quantitative estimate of drug-likeness (QED) is 0.886. The van der Waals surface area contributed by atoms with Crippen LogP contribution >= 0.6 is 12.4 Å². The lowest BCUT2D eigenvalue weighted by Gasteiger charge is -2.40. The fourth-order valence-corrected chi connectivity index (χ4v) is 3.41. The molecular weight excluding hydrogens is 319 g/mol. The molecule has 4 nitrogen and oxygen atoms in total. The minimum absolute atomic E-state index is 0. The minimum Gasteiger partial charge on any atom is -0.381 e. The van der Waals surface area contributed by atoms with E-state index in [1.807, 2.05) is 6.07 Å². The molecule has 2 saturated heterocycles. The summed E-state index contributed by atoms with van der Waals surface area (Å²) in [5, 5.41) is 6.49. The molecule has 0 bridgehead atoms. The Hall–Kier alpha value is -1.17. The molecule has 1 amide bonds. The molecule has 2 N–H and O–H groups in total. The monoisotopic (exact) mass is 342 g/mol. The van der Waals surface area contributed by atoms with Gasteiger partial charge in [0.2, 0.25) is 5.91 Å². The van der Waals surface area contributed by atoms with E-state index in [1.54, 1.807) is 6.07 Å². The Bertz CT molecular complexity index is 529. The molecule has 3 rings (SSSR count). The minimum atomic E-state index is -0.505. The standard InChI is InChI=1S/C17H23FN2O2.ClH/c18-15-5-1-4-14(11-15)17(6-9-22-10-7-17)20-16(21)13-3-2-8-19-12-13;/h1,4-5,11,13,19H,2-3,6-10,12H2,(H,20,21);1H. The molecule has 2 fully saturated rings. The first kappa shape index (κ1) is 18.2. The van der Waals surface area contributed by atoms with E-state index in [9.17, 15) is 9.18 Å². The summed E-state index contributed by atoms with van der Waals surface area (Å²) in [6.45, 7) is 2.87. The average molecular weight is 343 g/mol. The Morgan fingerprint density at radius 2 is 2.13 bits per heavy atom. The van der Waals surface area contributed by atoms with Gasteiger partial charge < -0.3 is 15.4 Å². The van der Waals surface area contributed by atoms with Crippen molar-refractivity contribution in [2.45, 2.75) is 31.2 Å². The first-order chi connectivity index (χ1) is 10.7. The molecule has 0 saturated carbocycles. The van der Waals surface area contributed by atoms with Gasteiger partial charge in [-0.3, -0.25) is 4.79 Å². The number of halogens is 2. The fraction of sp³-hybridized carbons (Fsp3) is 0.588. The van der Waals surface area contributed by atoms with Crippen LogP contribution in [-0.4, -0.2) is 32.2 Å². The lowest BCUT2D eigenvalue weighted by molar-refractivity contribution is -0.129. The molecule has 23 heavy (non-hydrogen) atoms. The molecule has 128 valence electrons. The highest BCUT2D eigenvalue weighted by atomic mass is 35.5. The highest BCUT2D eigenvalue weighted by Crippen LogP contribution is 2.33. The Morgan fingerprint density at radius 1 is 1.35 bits per heavy atom. The van der Waals surface area contributed by atoms with Gasteiger partial charge >= 0.3 is 0 Å². The highest BCUT2D eigenvalue weighted by Gasteiger charge is 2.37. The van der Waals surface area contributed by atoms with Crippen molar-refractivity contribution in [2.24, 2.45) is 5.92 Å². The van der Waals surface area contributed by atoms with E-state index < -0.39 is 5.54 Å². The van der Waals surface area contributed by atoms with Gasteiger partial charge in [0.05, 0.1) is 11.5 Å². The van der Waals surface area contributed by atoms with Crippen molar-refractivity contribution < 1.29 is 13.9 Å². The van der Waals surface area contributed by atoms with Crippen LogP contribution < -0.4 is 10.6 Å². The van der Waals surface area contributed by atoms with Crippen LogP contribution in [0.1, 0.15) is 31.2 Å². The largest absolute Gasteiger partial charge is 0.381 e. The van der Waals surface area contributed by atoms with E-state index in [-0.39, 0.29) is 30.0 Å². The molecule has 0 aromatic heterocycles. The first-order valence-corrected chi connectivity index (χ1v) is 8.06. The second-order valence-corrected chi connectivity index (χ2v) is 6.24. The number of piperidine rings is 1. The third-order valence-corrected chi connectivity index (χ3v) is 4.75. The SMILES string of the molecule is Cl.O=C(NC1(c2cccc(F)c2)CCOCC1)C1CCCNC1. The molecule has 2 aliphatic rings. The zero-order valence-corrected chi connectivity index (χ0v) is 14.0. The molecule has 1 aromatic rings. The zero-order valence-electron chi connectivity index (χ0n) is 13.1. The number of rotatable bonds is 3. The maximum absolute atomic E-state index is 13.6. The molecule has 0 spiro atoms. The van der Waals surface area contributed by atoms with E-state index in [1.165, 1.54) is 12.1 Å². The van der Waals surface area contributed by atoms with Crippen molar-refractivity contribution in [2.75, 3.05) is 26.3 Å². The van der Waals surface area contributed by atoms with Gasteiger partial charge in [-0.2, -0.15) is 0 Å². The van der Waals surface area contributed by atoms with Crippen molar-refractivity contribution in [3.63, 3.8) is 0 Å². The Labute approximate surface area is 142 Å². The van der Waals surface area contributed by atoms with Crippen molar-refractivity contribution in [1.29, 1.82) is 0 Å². The van der Waals surface area contributed by atoms with E-state index in [0.29, 0.717) is 26.1 Å². The summed E-state index contributed by atoms with van der Waals surface area (Å²) >= 11 is 0. The van der Waals surface area contributed by atoms with Gasteiger partial charge in [0.1, 0.15) is 5.82 Å². The van der Waals surface area contributed by atoms with Gasteiger partial charge in [0, 0.05) is 19.8 Å². The summed E-state index contributed by atoms with van der Waals surface area (Å²) in [4.78, 5) is 12.6. The molecule has 2 heterocycles. The summed E-state index contributed by atoms with van der Waals surface area (Å²) in [5.74, 6) is -0.197.